The molecule has 5 heteroatoms. The van der Waals surface area contributed by atoms with Crippen molar-refractivity contribution in [3.63, 3.8) is 0 Å². The van der Waals surface area contributed by atoms with Crippen LogP contribution in [0.15, 0.2) is 30.5 Å². The van der Waals surface area contributed by atoms with E-state index in [0.717, 1.165) is 13.1 Å². The van der Waals surface area contributed by atoms with Gasteiger partial charge in [-0.3, -0.25) is 4.79 Å². The van der Waals surface area contributed by atoms with Crippen LogP contribution in [0.2, 0.25) is 0 Å². The predicted octanol–water partition coefficient (Wildman–Crippen LogP) is 2.99. The fraction of sp³-hybridized carbons (Fsp3) is 0.400. The van der Waals surface area contributed by atoms with Crippen LogP contribution < -0.4 is 0 Å². The van der Waals surface area contributed by atoms with E-state index in [0.29, 0.717) is 13.1 Å². The van der Waals surface area contributed by atoms with Crippen molar-refractivity contribution in [1.82, 2.24) is 9.47 Å². The topological polar surface area (TPSA) is 34.5 Å². The average Bonchev–Trinajstić information content (AvgIpc) is 2.76. The van der Waals surface area contributed by atoms with E-state index in [1.165, 1.54) is 14.5 Å². The van der Waals surface area contributed by atoms with Crippen LogP contribution in [0.4, 0.5) is 0 Å². The minimum Gasteiger partial charge on any atom is -0.468 e. The molecule has 0 bridgehead atoms. The Morgan fingerprint density at radius 2 is 2.05 bits per heavy atom. The number of benzene rings is 1. The first-order chi connectivity index (χ1) is 9.60. The van der Waals surface area contributed by atoms with Crippen LogP contribution in [0.5, 0.6) is 0 Å². The average molecular weight is 388 g/mol. The summed E-state index contributed by atoms with van der Waals surface area (Å²) in [7, 11) is 4.22. The van der Waals surface area contributed by atoms with Gasteiger partial charge in [0, 0.05) is 33.8 Å². The highest BCUT2D eigenvalue weighted by Crippen LogP contribution is 2.22. The number of aromatic nitrogens is 1. The minimum absolute atomic E-state index is 0.431. The molecule has 4 nitrogen and oxygen atoms in total. The molecule has 0 N–H and O–H groups in total. The maximum atomic E-state index is 9.18. The van der Waals surface area contributed by atoms with Gasteiger partial charge >= 0.3 is 0 Å². The highest BCUT2D eigenvalue weighted by Gasteiger charge is 2.04. The van der Waals surface area contributed by atoms with Gasteiger partial charge in [0.15, 0.2) is 0 Å². The van der Waals surface area contributed by atoms with Crippen molar-refractivity contribution in [3.8, 4) is 0 Å². The summed E-state index contributed by atoms with van der Waals surface area (Å²) in [5.41, 5.74) is 1.34. The monoisotopic (exact) mass is 388 g/mol. The van der Waals surface area contributed by atoms with Gasteiger partial charge in [-0.05, 0) is 49.7 Å². The molecule has 110 valence electrons. The number of hydrogen-bond donors (Lipinski definition) is 0. The van der Waals surface area contributed by atoms with Crippen LogP contribution in [-0.4, -0.2) is 43.2 Å². The van der Waals surface area contributed by atoms with Gasteiger partial charge in [0.1, 0.15) is 0 Å². The van der Waals surface area contributed by atoms with Crippen molar-refractivity contribution in [2.75, 3.05) is 27.2 Å². The summed E-state index contributed by atoms with van der Waals surface area (Å²) in [5, 5.41) is 1.36. The SMILES string of the molecule is CCOC=O.CN(C)CCn1cc(I)c2ccccc21. The molecule has 0 fully saturated rings. The first kappa shape index (κ1) is 17.0. The highest BCUT2D eigenvalue weighted by molar-refractivity contribution is 14.1. The lowest BCUT2D eigenvalue weighted by Gasteiger charge is -2.10. The number of para-hydroxylation sites is 1. The molecule has 0 radical (unpaired) electrons. The Labute approximate surface area is 133 Å². The van der Waals surface area contributed by atoms with Crippen molar-refractivity contribution in [1.29, 1.82) is 0 Å². The van der Waals surface area contributed by atoms with E-state index < -0.39 is 0 Å². The Kier molecular flexibility index (Phi) is 7.61. The molecule has 1 aromatic heterocycles. The van der Waals surface area contributed by atoms with Crippen molar-refractivity contribution in [2.24, 2.45) is 0 Å². The van der Waals surface area contributed by atoms with Gasteiger partial charge in [-0.1, -0.05) is 18.2 Å². The van der Waals surface area contributed by atoms with Crippen LogP contribution in [0.1, 0.15) is 6.92 Å². The quantitative estimate of drug-likeness (QED) is 0.584. The molecule has 0 spiro atoms. The summed E-state index contributed by atoms with van der Waals surface area (Å²) in [6.07, 6.45) is 2.23. The van der Waals surface area contributed by atoms with Crippen molar-refractivity contribution in [3.05, 3.63) is 34.0 Å². The zero-order valence-corrected chi connectivity index (χ0v) is 14.3. The summed E-state index contributed by atoms with van der Waals surface area (Å²) in [6, 6.07) is 8.57. The van der Waals surface area contributed by atoms with Crippen LogP contribution in [-0.2, 0) is 16.1 Å². The Morgan fingerprint density at radius 3 is 2.60 bits per heavy atom. The van der Waals surface area contributed by atoms with E-state index in [1.54, 1.807) is 6.92 Å². The van der Waals surface area contributed by atoms with Crippen LogP contribution in [0, 0.1) is 3.57 Å². The summed E-state index contributed by atoms with van der Waals surface area (Å²) >= 11 is 2.40. The fourth-order valence-corrected chi connectivity index (χ4v) is 2.56. The van der Waals surface area contributed by atoms with Crippen LogP contribution in [0.25, 0.3) is 10.9 Å². The Bertz CT molecular complexity index is 538. The fourth-order valence-electron chi connectivity index (χ4n) is 1.76. The number of nitrogens with zero attached hydrogens (tertiary/aromatic N) is 2. The first-order valence-corrected chi connectivity index (χ1v) is 7.61. The van der Waals surface area contributed by atoms with Crippen molar-refractivity contribution in [2.45, 2.75) is 13.5 Å². The number of carbonyl (C=O) groups is 1. The van der Waals surface area contributed by atoms with Crippen LogP contribution >= 0.6 is 22.6 Å². The van der Waals surface area contributed by atoms with E-state index in [1.807, 2.05) is 0 Å². The van der Waals surface area contributed by atoms with E-state index in [2.05, 4.69) is 81.4 Å². The van der Waals surface area contributed by atoms with E-state index in [9.17, 15) is 4.79 Å². The van der Waals surface area contributed by atoms with Crippen molar-refractivity contribution < 1.29 is 9.53 Å². The van der Waals surface area contributed by atoms with E-state index in [4.69, 9.17) is 0 Å². The standard InChI is InChI=1S/C12H15IN2.C3H6O2/c1-14(2)7-8-15-9-11(13)10-5-3-4-6-12(10)15;1-2-5-3-4/h3-6,9H,7-8H2,1-2H3;3H,2H2,1H3. The lowest BCUT2D eigenvalue weighted by atomic mass is 10.2. The maximum absolute atomic E-state index is 9.18. The second-order valence-electron chi connectivity index (χ2n) is 4.54. The number of hydrogen-bond acceptors (Lipinski definition) is 3. The summed E-state index contributed by atoms with van der Waals surface area (Å²) in [5.74, 6) is 0. The molecule has 0 atom stereocenters. The molecule has 1 aromatic carbocycles. The zero-order valence-electron chi connectivity index (χ0n) is 12.2. The third-order valence-corrected chi connectivity index (χ3v) is 3.62. The smallest absolute Gasteiger partial charge is 0.293 e. The van der Waals surface area contributed by atoms with Gasteiger partial charge in [-0.15, -0.1) is 0 Å². The van der Waals surface area contributed by atoms with Crippen LogP contribution in [0.3, 0.4) is 0 Å². The molecular formula is C15H21IN2O2. The number of ether oxygens (including phenoxy) is 1. The van der Waals surface area contributed by atoms with Gasteiger partial charge in [0.25, 0.3) is 6.47 Å². The molecule has 0 aliphatic heterocycles. The summed E-state index contributed by atoms with van der Waals surface area (Å²) in [6.45, 7) is 4.79. The van der Waals surface area contributed by atoms with E-state index in [-0.39, 0.29) is 0 Å². The molecule has 0 aliphatic carbocycles. The van der Waals surface area contributed by atoms with E-state index >= 15 is 0 Å². The number of likely N-dealkylation sites (N-methyl/N-ethyl adjacent to an activating group) is 1. The largest absolute Gasteiger partial charge is 0.468 e. The van der Waals surface area contributed by atoms with Gasteiger partial charge in [0.2, 0.25) is 0 Å². The lowest BCUT2D eigenvalue weighted by molar-refractivity contribution is -0.128. The molecule has 20 heavy (non-hydrogen) atoms. The summed E-state index contributed by atoms with van der Waals surface area (Å²) in [4.78, 5) is 11.4. The van der Waals surface area contributed by atoms with Gasteiger partial charge in [-0.2, -0.15) is 0 Å². The molecule has 1 heterocycles. The predicted molar refractivity (Wildman–Crippen MR) is 90.9 cm³/mol. The number of rotatable bonds is 5. The molecule has 0 unspecified atom stereocenters. The molecule has 2 rings (SSSR count). The molecular weight excluding hydrogens is 367 g/mol. The Hall–Kier alpha value is -1.08. The minimum atomic E-state index is 0.431. The highest BCUT2D eigenvalue weighted by atomic mass is 127. The molecule has 0 saturated carbocycles. The van der Waals surface area contributed by atoms with Crippen molar-refractivity contribution >= 4 is 40.0 Å². The Balaban J connectivity index is 0.000000347. The number of halogens is 1. The zero-order chi connectivity index (χ0) is 15.0. The third kappa shape index (κ3) is 5.13. The second kappa shape index (κ2) is 8.97. The normalized spacial score (nSPS) is 10.2. The third-order valence-electron chi connectivity index (χ3n) is 2.76. The maximum Gasteiger partial charge on any atom is 0.293 e. The Morgan fingerprint density at radius 1 is 1.35 bits per heavy atom. The molecule has 0 amide bonds. The van der Waals surface area contributed by atoms with Gasteiger partial charge < -0.3 is 14.2 Å². The summed E-state index contributed by atoms with van der Waals surface area (Å²) < 4.78 is 7.82. The number of fused-ring (bicyclic) bond motifs is 1. The number of carbonyl (C=O) groups excluding carboxylic acids is 1. The molecule has 2 aromatic rings. The first-order valence-electron chi connectivity index (χ1n) is 6.53. The van der Waals surface area contributed by atoms with Gasteiger partial charge in [-0.25, -0.2) is 0 Å². The second-order valence-corrected chi connectivity index (χ2v) is 5.70. The van der Waals surface area contributed by atoms with Gasteiger partial charge in [0.05, 0.1) is 6.61 Å². The molecule has 0 saturated heterocycles. The molecule has 0 aliphatic rings. The lowest BCUT2D eigenvalue weighted by Crippen LogP contribution is -2.17.